The second-order valence-corrected chi connectivity index (χ2v) is 5.90. The van der Waals surface area contributed by atoms with Crippen LogP contribution in [0.1, 0.15) is 25.0 Å². The maximum absolute atomic E-state index is 5.86. The van der Waals surface area contributed by atoms with Gasteiger partial charge in [-0.05, 0) is 31.0 Å². The van der Waals surface area contributed by atoms with Crippen molar-refractivity contribution >= 4 is 16.5 Å². The molecule has 3 rings (SSSR count). The van der Waals surface area contributed by atoms with Crippen molar-refractivity contribution in [3.8, 4) is 5.75 Å². The van der Waals surface area contributed by atoms with Crippen LogP contribution in [0.25, 0.3) is 0 Å². The van der Waals surface area contributed by atoms with E-state index in [1.54, 1.807) is 6.20 Å². The van der Waals surface area contributed by atoms with E-state index in [1.165, 1.54) is 22.7 Å². The van der Waals surface area contributed by atoms with Gasteiger partial charge in [-0.15, -0.1) is 5.10 Å². The molecule has 0 fully saturated rings. The monoisotopic (exact) mass is 261 g/mol. The molecule has 1 aliphatic rings. The third-order valence-electron chi connectivity index (χ3n) is 2.96. The summed E-state index contributed by atoms with van der Waals surface area (Å²) in [7, 11) is 0. The number of rotatable bonds is 3. The molecule has 0 saturated carbocycles. The van der Waals surface area contributed by atoms with Crippen molar-refractivity contribution < 1.29 is 4.74 Å². The first kappa shape index (κ1) is 11.5. The van der Waals surface area contributed by atoms with E-state index >= 15 is 0 Å². The number of nitrogens with one attached hydrogen (secondary N) is 1. The van der Waals surface area contributed by atoms with E-state index in [0.29, 0.717) is 0 Å². The first-order chi connectivity index (χ1) is 8.62. The van der Waals surface area contributed by atoms with Gasteiger partial charge in [0.15, 0.2) is 0 Å². The molecule has 1 aliphatic heterocycles. The van der Waals surface area contributed by atoms with Crippen molar-refractivity contribution in [3.63, 3.8) is 0 Å². The molecule has 94 valence electrons. The Morgan fingerprint density at radius 2 is 2.33 bits per heavy atom. The third kappa shape index (κ3) is 2.31. The molecule has 2 aromatic rings. The van der Waals surface area contributed by atoms with Crippen LogP contribution in [0, 0.1) is 0 Å². The molecule has 18 heavy (non-hydrogen) atoms. The van der Waals surface area contributed by atoms with Gasteiger partial charge < -0.3 is 10.1 Å². The average Bonchev–Trinajstić information content (AvgIpc) is 2.90. The van der Waals surface area contributed by atoms with E-state index in [0.717, 1.165) is 23.7 Å². The summed E-state index contributed by atoms with van der Waals surface area (Å²) < 4.78 is 9.68. The molecule has 0 unspecified atom stereocenters. The molecule has 0 saturated heterocycles. The molecule has 0 radical (unpaired) electrons. The van der Waals surface area contributed by atoms with Crippen LogP contribution in [-0.2, 0) is 13.0 Å². The van der Waals surface area contributed by atoms with Crippen LogP contribution < -0.4 is 10.1 Å². The first-order valence-electron chi connectivity index (χ1n) is 5.94. The molecule has 4 nitrogen and oxygen atoms in total. The maximum atomic E-state index is 5.86. The van der Waals surface area contributed by atoms with Gasteiger partial charge in [0.2, 0.25) is 0 Å². The summed E-state index contributed by atoms with van der Waals surface area (Å²) in [6, 6.07) is 6.37. The maximum Gasteiger partial charge on any atom is 0.130 e. The quantitative estimate of drug-likeness (QED) is 0.923. The van der Waals surface area contributed by atoms with E-state index in [9.17, 15) is 0 Å². The number of ether oxygens (including phenoxy) is 1. The van der Waals surface area contributed by atoms with Crippen LogP contribution >= 0.6 is 11.5 Å². The number of hydrogen-bond acceptors (Lipinski definition) is 5. The molecule has 0 aliphatic carbocycles. The second-order valence-electron chi connectivity index (χ2n) is 5.12. The molecule has 0 atom stereocenters. The lowest BCUT2D eigenvalue weighted by atomic mass is 10.0. The van der Waals surface area contributed by atoms with E-state index in [2.05, 4.69) is 47.0 Å². The van der Waals surface area contributed by atoms with Gasteiger partial charge in [-0.3, -0.25) is 0 Å². The van der Waals surface area contributed by atoms with Gasteiger partial charge >= 0.3 is 0 Å². The minimum Gasteiger partial charge on any atom is -0.487 e. The van der Waals surface area contributed by atoms with Crippen molar-refractivity contribution in [1.29, 1.82) is 0 Å². The predicted molar refractivity (Wildman–Crippen MR) is 72.1 cm³/mol. The minimum absolute atomic E-state index is 0.0734. The Morgan fingerprint density at radius 3 is 3.11 bits per heavy atom. The zero-order valence-electron chi connectivity index (χ0n) is 10.4. The zero-order chi connectivity index (χ0) is 12.6. The summed E-state index contributed by atoms with van der Waals surface area (Å²) in [5, 5.41) is 8.10. The average molecular weight is 261 g/mol. The van der Waals surface area contributed by atoms with Crippen LogP contribution in [0.15, 0.2) is 24.4 Å². The van der Waals surface area contributed by atoms with Gasteiger partial charge in [0, 0.05) is 24.5 Å². The normalized spacial score (nSPS) is 16.1. The summed E-state index contributed by atoms with van der Waals surface area (Å²) in [5.41, 5.74) is 2.47. The smallest absolute Gasteiger partial charge is 0.130 e. The molecule has 1 aromatic heterocycles. The van der Waals surface area contributed by atoms with E-state index in [4.69, 9.17) is 4.74 Å². The van der Waals surface area contributed by atoms with Crippen LogP contribution in [0.4, 0.5) is 5.00 Å². The Labute approximate surface area is 110 Å². The summed E-state index contributed by atoms with van der Waals surface area (Å²) in [6.07, 6.45) is 2.71. The van der Waals surface area contributed by atoms with Gasteiger partial charge in [0.25, 0.3) is 0 Å². The second kappa shape index (κ2) is 4.24. The number of benzene rings is 1. The molecule has 1 aromatic carbocycles. The van der Waals surface area contributed by atoms with Crippen LogP contribution in [0.2, 0.25) is 0 Å². The molecule has 1 N–H and O–H groups in total. The van der Waals surface area contributed by atoms with Gasteiger partial charge in [0.05, 0.1) is 6.20 Å². The fourth-order valence-electron chi connectivity index (χ4n) is 2.21. The molecular formula is C13H15N3OS. The van der Waals surface area contributed by atoms with Crippen molar-refractivity contribution in [1.82, 2.24) is 9.59 Å². The predicted octanol–water partition coefficient (Wildman–Crippen LogP) is 2.86. The fourth-order valence-corrected chi connectivity index (χ4v) is 2.62. The third-order valence-corrected chi connectivity index (χ3v) is 3.58. The Morgan fingerprint density at radius 1 is 1.44 bits per heavy atom. The summed E-state index contributed by atoms with van der Waals surface area (Å²) in [4.78, 5) is 0. The van der Waals surface area contributed by atoms with Crippen LogP contribution in [0.3, 0.4) is 0 Å². The Bertz CT molecular complexity index is 551. The highest BCUT2D eigenvalue weighted by Gasteiger charge is 2.29. The van der Waals surface area contributed by atoms with Crippen molar-refractivity contribution in [3.05, 3.63) is 35.5 Å². The molecule has 0 bridgehead atoms. The van der Waals surface area contributed by atoms with E-state index in [-0.39, 0.29) is 5.60 Å². The van der Waals surface area contributed by atoms with E-state index < -0.39 is 0 Å². The van der Waals surface area contributed by atoms with Crippen LogP contribution in [-0.4, -0.2) is 15.2 Å². The standard InChI is InChI=1S/C13H15N3OS/c1-13(2)6-10-5-9(3-4-11(10)17-13)7-14-12-8-15-16-18-12/h3-5,8,14H,6-7H2,1-2H3. The Balaban J connectivity index is 1.72. The fraction of sp³-hybridized carbons (Fsp3) is 0.385. The Hall–Kier alpha value is -1.62. The summed E-state index contributed by atoms with van der Waals surface area (Å²) in [5.74, 6) is 1.02. The van der Waals surface area contributed by atoms with E-state index in [1.807, 2.05) is 0 Å². The van der Waals surface area contributed by atoms with Gasteiger partial charge in [-0.2, -0.15) is 0 Å². The Kier molecular flexibility index (Phi) is 2.70. The summed E-state index contributed by atoms with van der Waals surface area (Å²) >= 11 is 1.37. The lowest BCUT2D eigenvalue weighted by Gasteiger charge is -2.16. The highest BCUT2D eigenvalue weighted by Crippen LogP contribution is 2.35. The number of nitrogens with zero attached hydrogens (tertiary/aromatic N) is 2. The lowest BCUT2D eigenvalue weighted by molar-refractivity contribution is 0.138. The molecule has 0 amide bonds. The number of fused-ring (bicyclic) bond motifs is 1. The first-order valence-corrected chi connectivity index (χ1v) is 6.72. The van der Waals surface area contributed by atoms with Gasteiger partial charge in [0.1, 0.15) is 16.4 Å². The SMILES string of the molecule is CC1(C)Cc2cc(CNc3cnns3)ccc2O1. The minimum atomic E-state index is -0.0734. The van der Waals surface area contributed by atoms with Gasteiger partial charge in [-0.1, -0.05) is 16.6 Å². The molecule has 0 spiro atoms. The molecule has 2 heterocycles. The highest BCUT2D eigenvalue weighted by atomic mass is 32.1. The largest absolute Gasteiger partial charge is 0.487 e. The lowest BCUT2D eigenvalue weighted by Crippen LogP contribution is -2.24. The summed E-state index contributed by atoms with van der Waals surface area (Å²) in [6.45, 7) is 5.03. The molecule has 5 heteroatoms. The zero-order valence-corrected chi connectivity index (χ0v) is 11.3. The number of anilines is 1. The number of aromatic nitrogens is 2. The van der Waals surface area contributed by atoms with Gasteiger partial charge in [-0.25, -0.2) is 0 Å². The van der Waals surface area contributed by atoms with Crippen molar-refractivity contribution in [2.24, 2.45) is 0 Å². The van der Waals surface area contributed by atoms with Crippen LogP contribution in [0.5, 0.6) is 5.75 Å². The highest BCUT2D eigenvalue weighted by molar-refractivity contribution is 7.09. The van der Waals surface area contributed by atoms with Crippen molar-refractivity contribution in [2.45, 2.75) is 32.4 Å². The topological polar surface area (TPSA) is 47.0 Å². The molecular weight excluding hydrogens is 246 g/mol. The van der Waals surface area contributed by atoms with Crippen molar-refractivity contribution in [2.75, 3.05) is 5.32 Å². The number of hydrogen-bond donors (Lipinski definition) is 1.